The Morgan fingerprint density at radius 1 is 0.828 bits per heavy atom. The maximum atomic E-state index is 13.2. The van der Waals surface area contributed by atoms with Gasteiger partial charge in [-0.25, -0.2) is 0 Å². The Bertz CT molecular complexity index is 1010. The number of benzene rings is 2. The fourth-order valence-electron chi connectivity index (χ4n) is 5.70. The van der Waals surface area contributed by atoms with E-state index in [-0.39, 0.29) is 35.5 Å². The van der Waals surface area contributed by atoms with Gasteiger partial charge in [-0.1, -0.05) is 24.3 Å². The number of carbonyl (C=O) groups excluding carboxylic acids is 2. The number of para-hydroxylation sites is 2. The maximum Gasteiger partial charge on any atom is 0.238 e. The zero-order valence-corrected chi connectivity index (χ0v) is 16.0. The minimum Gasteiger partial charge on any atom is -0.493 e. The number of hydrogen-bond donors (Lipinski definition) is 0. The quantitative estimate of drug-likeness (QED) is 0.587. The summed E-state index contributed by atoms with van der Waals surface area (Å²) in [7, 11) is 1.60. The van der Waals surface area contributed by atoms with Gasteiger partial charge in [-0.3, -0.25) is 14.5 Å². The van der Waals surface area contributed by atoms with Crippen LogP contribution in [0.4, 0.5) is 5.69 Å². The summed E-state index contributed by atoms with van der Waals surface area (Å²) in [5.74, 6) is 3.16. The Kier molecular flexibility index (Phi) is 3.46. The van der Waals surface area contributed by atoms with Gasteiger partial charge in [0.05, 0.1) is 24.6 Å². The summed E-state index contributed by atoms with van der Waals surface area (Å²) >= 11 is 0. The van der Waals surface area contributed by atoms with Gasteiger partial charge in [0.25, 0.3) is 0 Å². The fraction of sp³-hybridized carbons (Fsp3) is 0.333. The van der Waals surface area contributed by atoms with Crippen LogP contribution in [0.15, 0.2) is 60.7 Å². The van der Waals surface area contributed by atoms with Crippen LogP contribution in [-0.4, -0.2) is 18.9 Å². The lowest BCUT2D eigenvalue weighted by atomic mass is 9.63. The molecule has 2 saturated carbocycles. The molecule has 1 aliphatic heterocycles. The number of allylic oxidation sites excluding steroid dienone is 2. The van der Waals surface area contributed by atoms with E-state index in [2.05, 4.69) is 12.2 Å². The average Bonchev–Trinajstić information content (AvgIpc) is 3.53. The summed E-state index contributed by atoms with van der Waals surface area (Å²) in [5, 5.41) is 0. The lowest BCUT2D eigenvalue weighted by molar-refractivity contribution is -0.124. The van der Waals surface area contributed by atoms with E-state index in [4.69, 9.17) is 9.47 Å². The molecule has 1 heterocycles. The molecule has 7 rings (SSSR count). The molecular formula is C24H21NO4. The second-order valence-electron chi connectivity index (χ2n) is 8.41. The third-order valence-corrected chi connectivity index (χ3v) is 7.05. The number of ether oxygens (including phenoxy) is 2. The second-order valence-corrected chi connectivity index (χ2v) is 8.41. The van der Waals surface area contributed by atoms with E-state index >= 15 is 0 Å². The van der Waals surface area contributed by atoms with Crippen molar-refractivity contribution in [3.63, 3.8) is 0 Å². The normalized spacial score (nSPS) is 33.5. The van der Waals surface area contributed by atoms with E-state index in [0.29, 0.717) is 34.8 Å². The smallest absolute Gasteiger partial charge is 0.238 e. The van der Waals surface area contributed by atoms with Crippen LogP contribution in [0.25, 0.3) is 0 Å². The number of anilines is 1. The predicted octanol–water partition coefficient (Wildman–Crippen LogP) is 4.05. The number of rotatable bonds is 4. The number of hydrogen-bond acceptors (Lipinski definition) is 4. The van der Waals surface area contributed by atoms with E-state index in [1.54, 1.807) is 31.4 Å². The number of nitrogens with zero attached hydrogens (tertiary/aromatic N) is 1. The second kappa shape index (κ2) is 5.96. The highest BCUT2D eigenvalue weighted by Gasteiger charge is 2.67. The van der Waals surface area contributed by atoms with Crippen molar-refractivity contribution in [2.45, 2.75) is 6.42 Å². The van der Waals surface area contributed by atoms with Crippen molar-refractivity contribution >= 4 is 17.5 Å². The van der Waals surface area contributed by atoms with Gasteiger partial charge in [-0.05, 0) is 66.5 Å². The lowest BCUT2D eigenvalue weighted by Gasteiger charge is -2.37. The Hall–Kier alpha value is -3.08. The first-order chi connectivity index (χ1) is 14.2. The standard InChI is InChI=1S/C24H21NO4/c1-28-19-4-2-3-5-20(19)29-14-8-6-13(7-9-14)25-23(26)21-15-10-11-16(18-12-17(15)18)22(21)24(25)27/h2-11,15-18,21-22H,12H2,1H3/t15-,16-,17-,18+,21-,22-/m1/s1. The predicted molar refractivity (Wildman–Crippen MR) is 107 cm³/mol. The number of amides is 2. The van der Waals surface area contributed by atoms with Crippen molar-refractivity contribution in [2.75, 3.05) is 12.0 Å². The largest absolute Gasteiger partial charge is 0.493 e. The van der Waals surface area contributed by atoms with Crippen LogP contribution in [0, 0.1) is 35.5 Å². The van der Waals surface area contributed by atoms with Crippen LogP contribution in [-0.2, 0) is 9.59 Å². The highest BCUT2D eigenvalue weighted by Crippen LogP contribution is 2.65. The third-order valence-electron chi connectivity index (χ3n) is 7.05. The van der Waals surface area contributed by atoms with E-state index in [1.165, 1.54) is 11.3 Å². The van der Waals surface area contributed by atoms with Gasteiger partial charge in [-0.15, -0.1) is 0 Å². The highest BCUT2D eigenvalue weighted by molar-refractivity contribution is 6.22. The van der Waals surface area contributed by atoms with Crippen LogP contribution in [0.2, 0.25) is 0 Å². The number of methoxy groups -OCH3 is 1. The van der Waals surface area contributed by atoms with Gasteiger partial charge in [0.1, 0.15) is 5.75 Å². The third kappa shape index (κ3) is 2.33. The van der Waals surface area contributed by atoms with Crippen molar-refractivity contribution in [1.82, 2.24) is 0 Å². The van der Waals surface area contributed by atoms with E-state index < -0.39 is 0 Å². The number of carbonyl (C=O) groups is 2. The fourth-order valence-corrected chi connectivity index (χ4v) is 5.70. The molecule has 4 aliphatic carbocycles. The van der Waals surface area contributed by atoms with Crippen molar-refractivity contribution in [2.24, 2.45) is 35.5 Å². The Morgan fingerprint density at radius 2 is 1.41 bits per heavy atom. The minimum absolute atomic E-state index is 0.0388. The molecular weight excluding hydrogens is 366 g/mol. The zero-order chi connectivity index (χ0) is 19.7. The first-order valence-corrected chi connectivity index (χ1v) is 10.1. The SMILES string of the molecule is COc1ccccc1Oc1ccc(N2C(=O)[C@@H]3[C@@H]4C=C[C@H]([C@@H]5C[C@H]45)[C@H]3C2=O)cc1. The molecule has 146 valence electrons. The number of imide groups is 1. The monoisotopic (exact) mass is 387 g/mol. The molecule has 0 spiro atoms. The first-order valence-electron chi connectivity index (χ1n) is 10.1. The van der Waals surface area contributed by atoms with Crippen molar-refractivity contribution in [3.8, 4) is 17.2 Å². The summed E-state index contributed by atoms with van der Waals surface area (Å²) in [5.41, 5.74) is 0.620. The van der Waals surface area contributed by atoms with Gasteiger partial charge < -0.3 is 9.47 Å². The molecule has 2 aromatic rings. The molecule has 2 amide bonds. The van der Waals surface area contributed by atoms with Gasteiger partial charge >= 0.3 is 0 Å². The molecule has 5 nitrogen and oxygen atoms in total. The highest BCUT2D eigenvalue weighted by atomic mass is 16.5. The molecule has 3 fully saturated rings. The van der Waals surface area contributed by atoms with Gasteiger partial charge in [0, 0.05) is 0 Å². The Morgan fingerprint density at radius 3 is 2.00 bits per heavy atom. The molecule has 6 atom stereocenters. The molecule has 5 aliphatic rings. The molecule has 2 bridgehead atoms. The first kappa shape index (κ1) is 16.8. The minimum atomic E-state index is -0.175. The summed E-state index contributed by atoms with van der Waals surface area (Å²) < 4.78 is 11.2. The molecule has 2 aromatic carbocycles. The van der Waals surface area contributed by atoms with Crippen LogP contribution in [0.3, 0.4) is 0 Å². The van der Waals surface area contributed by atoms with Gasteiger partial charge in [0.2, 0.25) is 11.8 Å². The van der Waals surface area contributed by atoms with E-state index in [0.717, 1.165) is 0 Å². The molecule has 0 unspecified atom stereocenters. The summed E-state index contributed by atoms with van der Waals surface area (Å²) in [6.07, 6.45) is 5.56. The Balaban J connectivity index is 1.26. The molecule has 29 heavy (non-hydrogen) atoms. The van der Waals surface area contributed by atoms with Crippen LogP contribution < -0.4 is 14.4 Å². The van der Waals surface area contributed by atoms with Gasteiger partial charge in [-0.2, -0.15) is 0 Å². The van der Waals surface area contributed by atoms with Crippen LogP contribution in [0.5, 0.6) is 17.2 Å². The molecule has 5 heteroatoms. The molecule has 0 aromatic heterocycles. The van der Waals surface area contributed by atoms with Crippen LogP contribution in [0.1, 0.15) is 6.42 Å². The van der Waals surface area contributed by atoms with E-state index in [1.807, 2.05) is 24.3 Å². The summed E-state index contributed by atoms with van der Waals surface area (Å²) in [4.78, 5) is 27.8. The summed E-state index contributed by atoms with van der Waals surface area (Å²) in [6, 6.07) is 14.6. The van der Waals surface area contributed by atoms with Gasteiger partial charge in [0.15, 0.2) is 11.5 Å². The van der Waals surface area contributed by atoms with Crippen LogP contribution >= 0.6 is 0 Å². The van der Waals surface area contributed by atoms with Crippen molar-refractivity contribution in [3.05, 3.63) is 60.7 Å². The Labute approximate surface area is 168 Å². The molecule has 0 N–H and O–H groups in total. The van der Waals surface area contributed by atoms with Crippen molar-refractivity contribution < 1.29 is 19.1 Å². The van der Waals surface area contributed by atoms with Crippen molar-refractivity contribution in [1.29, 1.82) is 0 Å². The topological polar surface area (TPSA) is 55.8 Å². The molecule has 1 saturated heterocycles. The van der Waals surface area contributed by atoms with E-state index in [9.17, 15) is 9.59 Å². The molecule has 0 radical (unpaired) electrons. The summed E-state index contributed by atoms with van der Waals surface area (Å²) in [6.45, 7) is 0. The average molecular weight is 387 g/mol. The maximum absolute atomic E-state index is 13.2. The zero-order valence-electron chi connectivity index (χ0n) is 16.0. The lowest BCUT2D eigenvalue weighted by Crippen LogP contribution is -2.40.